The van der Waals surface area contributed by atoms with Gasteiger partial charge in [-0.15, -0.1) is 0 Å². The first-order valence-electron chi connectivity index (χ1n) is 6.41. The molecule has 5 heteroatoms. The normalized spacial score (nSPS) is 14.2. The van der Waals surface area contributed by atoms with Crippen LogP contribution in [0.15, 0.2) is 24.3 Å². The Labute approximate surface area is 119 Å². The van der Waals surface area contributed by atoms with Crippen molar-refractivity contribution >= 4 is 17.5 Å². The van der Waals surface area contributed by atoms with Crippen molar-refractivity contribution in [1.82, 2.24) is 10.2 Å². The van der Waals surface area contributed by atoms with Crippen molar-refractivity contribution in [3.8, 4) is 0 Å². The molecule has 0 aliphatic heterocycles. The first-order valence-corrected chi connectivity index (χ1v) is 6.79. The first-order chi connectivity index (χ1) is 8.99. The van der Waals surface area contributed by atoms with Gasteiger partial charge in [0.25, 0.3) is 0 Å². The Kier molecular flexibility index (Phi) is 6.28. The minimum Gasteiger partial charge on any atom is -0.358 e. The lowest BCUT2D eigenvalue weighted by Gasteiger charge is -2.32. The summed E-state index contributed by atoms with van der Waals surface area (Å²) >= 11 is 5.91. The van der Waals surface area contributed by atoms with E-state index in [0.717, 1.165) is 12.0 Å². The average molecular weight is 284 g/mol. The topological polar surface area (TPSA) is 58.4 Å². The highest BCUT2D eigenvalue weighted by Crippen LogP contribution is 2.25. The van der Waals surface area contributed by atoms with E-state index >= 15 is 0 Å². The average Bonchev–Trinajstić information content (AvgIpc) is 2.40. The highest BCUT2D eigenvalue weighted by Gasteiger charge is 2.24. The zero-order valence-corrected chi connectivity index (χ0v) is 12.4. The van der Waals surface area contributed by atoms with Crippen LogP contribution in [0.3, 0.4) is 0 Å². The largest absolute Gasteiger partial charge is 0.358 e. The van der Waals surface area contributed by atoms with E-state index in [-0.39, 0.29) is 18.0 Å². The number of nitrogens with zero attached hydrogens (tertiary/aromatic N) is 1. The molecule has 1 aromatic rings. The molecule has 0 bridgehead atoms. The van der Waals surface area contributed by atoms with Crippen LogP contribution in [0.1, 0.15) is 24.9 Å². The third kappa shape index (κ3) is 4.49. The maximum absolute atomic E-state index is 11.5. The van der Waals surface area contributed by atoms with Gasteiger partial charge in [0.15, 0.2) is 0 Å². The van der Waals surface area contributed by atoms with Crippen LogP contribution in [0.2, 0.25) is 5.02 Å². The van der Waals surface area contributed by atoms with Gasteiger partial charge in [0.05, 0.1) is 12.6 Å². The molecule has 4 nitrogen and oxygen atoms in total. The molecule has 2 atom stereocenters. The van der Waals surface area contributed by atoms with Crippen LogP contribution in [0.25, 0.3) is 0 Å². The smallest absolute Gasteiger partial charge is 0.233 e. The van der Waals surface area contributed by atoms with E-state index < -0.39 is 0 Å². The molecule has 0 spiro atoms. The number of nitrogens with one attached hydrogen (secondary N) is 1. The first kappa shape index (κ1) is 16.0. The van der Waals surface area contributed by atoms with Gasteiger partial charge in [0.1, 0.15) is 0 Å². The minimum atomic E-state index is -0.0316. The molecule has 19 heavy (non-hydrogen) atoms. The van der Waals surface area contributed by atoms with E-state index in [1.54, 1.807) is 7.05 Å². The predicted molar refractivity (Wildman–Crippen MR) is 79.2 cm³/mol. The van der Waals surface area contributed by atoms with Crippen molar-refractivity contribution in [1.29, 1.82) is 0 Å². The lowest BCUT2D eigenvalue weighted by atomic mass is 9.96. The Morgan fingerprint density at radius 2 is 2.00 bits per heavy atom. The number of carbonyl (C=O) groups excluding carboxylic acids is 1. The second-order valence-corrected chi connectivity index (χ2v) is 5.09. The SMILES string of the molecule is CCC(N)C(c1ccc(Cl)cc1)N(C)CC(=O)NC. The van der Waals surface area contributed by atoms with Gasteiger partial charge in [-0.05, 0) is 31.2 Å². The van der Waals surface area contributed by atoms with Crippen LogP contribution < -0.4 is 11.1 Å². The fraction of sp³-hybridized carbons (Fsp3) is 0.500. The van der Waals surface area contributed by atoms with Crippen LogP contribution in [0.5, 0.6) is 0 Å². The highest BCUT2D eigenvalue weighted by atomic mass is 35.5. The van der Waals surface area contributed by atoms with Crippen LogP contribution in [-0.2, 0) is 4.79 Å². The van der Waals surface area contributed by atoms with E-state index in [0.29, 0.717) is 11.6 Å². The number of nitrogens with two attached hydrogens (primary N) is 1. The number of hydrogen-bond donors (Lipinski definition) is 2. The van der Waals surface area contributed by atoms with Crippen molar-refractivity contribution in [2.45, 2.75) is 25.4 Å². The molecule has 1 rings (SSSR count). The summed E-state index contributed by atoms with van der Waals surface area (Å²) in [4.78, 5) is 13.5. The molecular formula is C14H22ClN3O. The van der Waals surface area contributed by atoms with E-state index in [4.69, 9.17) is 17.3 Å². The summed E-state index contributed by atoms with van der Waals surface area (Å²) in [6.07, 6.45) is 0.839. The molecule has 0 fully saturated rings. The maximum Gasteiger partial charge on any atom is 0.233 e. The molecule has 0 saturated carbocycles. The van der Waals surface area contributed by atoms with Crippen molar-refractivity contribution in [3.63, 3.8) is 0 Å². The number of rotatable bonds is 6. The molecule has 0 aliphatic rings. The fourth-order valence-corrected chi connectivity index (χ4v) is 2.24. The Morgan fingerprint density at radius 3 is 2.47 bits per heavy atom. The summed E-state index contributed by atoms with van der Waals surface area (Å²) in [6.45, 7) is 2.36. The number of benzene rings is 1. The summed E-state index contributed by atoms with van der Waals surface area (Å²) in [6, 6.07) is 7.58. The van der Waals surface area contributed by atoms with Gasteiger partial charge >= 0.3 is 0 Å². The van der Waals surface area contributed by atoms with Crippen LogP contribution in [0, 0.1) is 0 Å². The molecule has 106 valence electrons. The van der Waals surface area contributed by atoms with Crippen LogP contribution >= 0.6 is 11.6 Å². The van der Waals surface area contributed by atoms with Crippen molar-refractivity contribution in [2.24, 2.45) is 5.73 Å². The number of halogens is 1. The van der Waals surface area contributed by atoms with Crippen molar-refractivity contribution in [2.75, 3.05) is 20.6 Å². The highest BCUT2D eigenvalue weighted by molar-refractivity contribution is 6.30. The number of carbonyl (C=O) groups is 1. The standard InChI is InChI=1S/C14H22ClN3O/c1-4-12(16)14(18(3)9-13(19)17-2)10-5-7-11(15)8-6-10/h5-8,12,14H,4,9,16H2,1-3H3,(H,17,19). The zero-order valence-electron chi connectivity index (χ0n) is 11.7. The third-order valence-electron chi connectivity index (χ3n) is 3.24. The van der Waals surface area contributed by atoms with E-state index in [9.17, 15) is 4.79 Å². The Bertz CT molecular complexity index is 408. The van der Waals surface area contributed by atoms with E-state index in [1.807, 2.05) is 43.1 Å². The van der Waals surface area contributed by atoms with Gasteiger partial charge in [-0.3, -0.25) is 9.69 Å². The quantitative estimate of drug-likeness (QED) is 0.837. The van der Waals surface area contributed by atoms with Crippen molar-refractivity contribution < 1.29 is 4.79 Å². The summed E-state index contributed by atoms with van der Waals surface area (Å²) in [7, 11) is 3.54. The number of hydrogen-bond acceptors (Lipinski definition) is 3. The summed E-state index contributed by atoms with van der Waals surface area (Å²) < 4.78 is 0. The molecule has 0 saturated heterocycles. The second kappa shape index (κ2) is 7.48. The van der Waals surface area contributed by atoms with Gasteiger partial charge in [-0.25, -0.2) is 0 Å². The minimum absolute atomic E-state index is 0.000401. The number of likely N-dealkylation sites (N-methyl/N-ethyl adjacent to an activating group) is 2. The molecule has 0 radical (unpaired) electrons. The van der Waals surface area contributed by atoms with Gasteiger partial charge in [0, 0.05) is 18.1 Å². The lowest BCUT2D eigenvalue weighted by molar-refractivity contribution is -0.122. The third-order valence-corrected chi connectivity index (χ3v) is 3.49. The summed E-state index contributed by atoms with van der Waals surface area (Å²) in [5, 5.41) is 3.32. The van der Waals surface area contributed by atoms with Gasteiger partial charge in [-0.2, -0.15) is 0 Å². The fourth-order valence-electron chi connectivity index (χ4n) is 2.12. The van der Waals surface area contributed by atoms with Gasteiger partial charge in [0.2, 0.25) is 5.91 Å². The van der Waals surface area contributed by atoms with Gasteiger partial charge in [-0.1, -0.05) is 30.7 Å². The second-order valence-electron chi connectivity index (χ2n) is 4.66. The molecule has 2 unspecified atom stereocenters. The Morgan fingerprint density at radius 1 is 1.42 bits per heavy atom. The van der Waals surface area contributed by atoms with Gasteiger partial charge < -0.3 is 11.1 Å². The summed E-state index contributed by atoms with van der Waals surface area (Å²) in [5.41, 5.74) is 7.27. The molecular weight excluding hydrogens is 262 g/mol. The molecule has 1 amide bonds. The van der Waals surface area contributed by atoms with E-state index in [1.165, 1.54) is 0 Å². The van der Waals surface area contributed by atoms with Crippen LogP contribution in [-0.4, -0.2) is 37.5 Å². The molecule has 0 heterocycles. The molecule has 1 aromatic carbocycles. The lowest BCUT2D eigenvalue weighted by Crippen LogP contribution is -2.43. The summed E-state index contributed by atoms with van der Waals surface area (Å²) in [5.74, 6) is -0.0234. The number of amides is 1. The molecule has 0 aromatic heterocycles. The van der Waals surface area contributed by atoms with Crippen molar-refractivity contribution in [3.05, 3.63) is 34.9 Å². The monoisotopic (exact) mass is 283 g/mol. The zero-order chi connectivity index (χ0) is 14.4. The molecule has 0 aliphatic carbocycles. The van der Waals surface area contributed by atoms with E-state index in [2.05, 4.69) is 5.32 Å². The molecule has 3 N–H and O–H groups in total. The Hall–Kier alpha value is -1.10. The predicted octanol–water partition coefficient (Wildman–Crippen LogP) is 1.80. The van der Waals surface area contributed by atoms with Crippen LogP contribution in [0.4, 0.5) is 0 Å². The maximum atomic E-state index is 11.5. The Balaban J connectivity index is 2.94.